The van der Waals surface area contributed by atoms with Gasteiger partial charge in [0.05, 0.1) is 5.52 Å². The van der Waals surface area contributed by atoms with E-state index in [0.29, 0.717) is 11.8 Å². The number of carbonyl (C=O) groups is 1. The van der Waals surface area contributed by atoms with Crippen molar-refractivity contribution in [1.82, 2.24) is 9.78 Å². The number of aromatic nitrogens is 2. The Hall–Kier alpha value is -1.85. The monoisotopic (exact) mass is 228 g/mol. The fraction of sp³-hybridized carbons (Fsp3) is 0.200. The van der Waals surface area contributed by atoms with Gasteiger partial charge >= 0.3 is 6.18 Å². The first-order valence-electron chi connectivity index (χ1n) is 4.42. The summed E-state index contributed by atoms with van der Waals surface area (Å²) >= 11 is 0. The summed E-state index contributed by atoms with van der Waals surface area (Å²) in [4.78, 5) is 10.5. The molecule has 2 rings (SSSR count). The van der Waals surface area contributed by atoms with Crippen molar-refractivity contribution in [1.29, 1.82) is 0 Å². The summed E-state index contributed by atoms with van der Waals surface area (Å²) in [5.41, 5.74) is -0.316. The largest absolute Gasteiger partial charge is 0.435 e. The molecule has 3 nitrogen and oxygen atoms in total. The molecule has 1 aromatic carbocycles. The smallest absolute Gasteiger partial charge is 0.298 e. The lowest BCUT2D eigenvalue weighted by Crippen LogP contribution is -2.06. The molecule has 0 atom stereocenters. The van der Waals surface area contributed by atoms with Gasteiger partial charge in [-0.3, -0.25) is 9.48 Å². The SMILES string of the molecule is Cn1nc(C(F)(F)F)c2ccc(C=O)cc21. The van der Waals surface area contributed by atoms with E-state index in [-0.39, 0.29) is 10.9 Å². The Bertz CT molecular complexity index is 557. The summed E-state index contributed by atoms with van der Waals surface area (Å²) < 4.78 is 38.8. The Morgan fingerprint density at radius 2 is 2.06 bits per heavy atom. The molecule has 1 heterocycles. The number of nitrogens with zero attached hydrogens (tertiary/aromatic N) is 2. The van der Waals surface area contributed by atoms with Gasteiger partial charge in [-0.1, -0.05) is 6.07 Å². The second-order valence-corrected chi connectivity index (χ2v) is 3.36. The molecule has 0 aliphatic carbocycles. The van der Waals surface area contributed by atoms with E-state index in [9.17, 15) is 18.0 Å². The zero-order valence-electron chi connectivity index (χ0n) is 8.25. The first kappa shape index (κ1) is 10.7. The van der Waals surface area contributed by atoms with Crippen LogP contribution >= 0.6 is 0 Å². The normalized spacial score (nSPS) is 12.0. The van der Waals surface area contributed by atoms with Crippen molar-refractivity contribution in [3.8, 4) is 0 Å². The molecular weight excluding hydrogens is 221 g/mol. The van der Waals surface area contributed by atoms with Crippen LogP contribution in [-0.4, -0.2) is 16.1 Å². The van der Waals surface area contributed by atoms with E-state index < -0.39 is 11.9 Å². The van der Waals surface area contributed by atoms with E-state index >= 15 is 0 Å². The third-order valence-corrected chi connectivity index (χ3v) is 2.28. The van der Waals surface area contributed by atoms with E-state index in [1.165, 1.54) is 25.2 Å². The standard InChI is InChI=1S/C10H7F3N2O/c1-15-8-4-6(5-16)2-3-7(8)9(14-15)10(11,12)13/h2-5H,1H3. The van der Waals surface area contributed by atoms with Gasteiger partial charge in [-0.15, -0.1) is 0 Å². The Labute approximate surface area is 88.5 Å². The van der Waals surface area contributed by atoms with Gasteiger partial charge in [0.1, 0.15) is 6.29 Å². The van der Waals surface area contributed by atoms with Crippen molar-refractivity contribution in [2.45, 2.75) is 6.18 Å². The quantitative estimate of drug-likeness (QED) is 0.702. The summed E-state index contributed by atoms with van der Waals surface area (Å²) in [5.74, 6) is 0. The van der Waals surface area contributed by atoms with Crippen molar-refractivity contribution < 1.29 is 18.0 Å². The van der Waals surface area contributed by atoms with E-state index in [2.05, 4.69) is 5.10 Å². The fourth-order valence-corrected chi connectivity index (χ4v) is 1.56. The predicted molar refractivity (Wildman–Crippen MR) is 51.1 cm³/mol. The van der Waals surface area contributed by atoms with Gasteiger partial charge in [-0.25, -0.2) is 0 Å². The first-order chi connectivity index (χ1) is 7.43. The highest BCUT2D eigenvalue weighted by Crippen LogP contribution is 2.33. The molecule has 84 valence electrons. The van der Waals surface area contributed by atoms with E-state index in [1.54, 1.807) is 0 Å². The molecule has 0 unspecified atom stereocenters. The molecule has 0 radical (unpaired) electrons. The van der Waals surface area contributed by atoms with Crippen LogP contribution in [0.1, 0.15) is 16.1 Å². The number of alkyl halides is 3. The summed E-state index contributed by atoms with van der Waals surface area (Å²) in [6, 6.07) is 3.98. The van der Waals surface area contributed by atoms with E-state index in [4.69, 9.17) is 0 Å². The average Bonchev–Trinajstić information content (AvgIpc) is 2.55. The van der Waals surface area contributed by atoms with Gasteiger partial charge in [0.15, 0.2) is 5.69 Å². The summed E-state index contributed by atoms with van der Waals surface area (Å²) in [7, 11) is 1.41. The van der Waals surface area contributed by atoms with Crippen molar-refractivity contribution in [3.63, 3.8) is 0 Å². The van der Waals surface area contributed by atoms with Crippen LogP contribution < -0.4 is 0 Å². The molecule has 0 fully saturated rings. The van der Waals surface area contributed by atoms with Gasteiger partial charge in [-0.05, 0) is 12.1 Å². The first-order valence-corrected chi connectivity index (χ1v) is 4.42. The maximum atomic E-state index is 12.6. The zero-order valence-corrected chi connectivity index (χ0v) is 8.25. The third kappa shape index (κ3) is 1.56. The lowest BCUT2D eigenvalue weighted by Gasteiger charge is -2.01. The molecule has 0 amide bonds. The summed E-state index contributed by atoms with van der Waals surface area (Å²) in [6.45, 7) is 0. The van der Waals surface area contributed by atoms with Crippen LogP contribution in [0, 0.1) is 0 Å². The molecular formula is C10H7F3N2O. The predicted octanol–water partition coefficient (Wildman–Crippen LogP) is 2.40. The Kier molecular flexibility index (Phi) is 2.22. The van der Waals surface area contributed by atoms with Crippen LogP contribution in [0.5, 0.6) is 0 Å². The molecule has 0 saturated heterocycles. The fourth-order valence-electron chi connectivity index (χ4n) is 1.56. The summed E-state index contributed by atoms with van der Waals surface area (Å²) in [6.07, 6.45) is -3.90. The highest BCUT2D eigenvalue weighted by atomic mass is 19.4. The number of aldehydes is 1. The molecule has 0 aliphatic rings. The minimum Gasteiger partial charge on any atom is -0.298 e. The molecule has 0 spiro atoms. The zero-order chi connectivity index (χ0) is 11.9. The summed E-state index contributed by atoms with van der Waals surface area (Å²) in [5, 5.41) is 3.41. The van der Waals surface area contributed by atoms with Crippen LogP contribution in [0.4, 0.5) is 13.2 Å². The number of benzene rings is 1. The maximum absolute atomic E-state index is 12.6. The highest BCUT2D eigenvalue weighted by molar-refractivity contribution is 5.88. The number of rotatable bonds is 1. The minimum absolute atomic E-state index is 0.000556. The van der Waals surface area contributed by atoms with Gasteiger partial charge in [0, 0.05) is 18.0 Å². The molecule has 0 N–H and O–H groups in total. The second kappa shape index (κ2) is 3.33. The number of halogens is 3. The van der Waals surface area contributed by atoms with Gasteiger partial charge in [0.2, 0.25) is 0 Å². The lowest BCUT2D eigenvalue weighted by atomic mass is 10.1. The number of hydrogen-bond acceptors (Lipinski definition) is 2. The highest BCUT2D eigenvalue weighted by Gasteiger charge is 2.36. The average molecular weight is 228 g/mol. The maximum Gasteiger partial charge on any atom is 0.435 e. The van der Waals surface area contributed by atoms with Crippen LogP contribution in [0.2, 0.25) is 0 Å². The number of hydrogen-bond donors (Lipinski definition) is 0. The van der Waals surface area contributed by atoms with Crippen molar-refractivity contribution in [2.24, 2.45) is 7.05 Å². The number of carbonyl (C=O) groups excluding carboxylic acids is 1. The third-order valence-electron chi connectivity index (χ3n) is 2.28. The van der Waals surface area contributed by atoms with Crippen molar-refractivity contribution in [3.05, 3.63) is 29.5 Å². The van der Waals surface area contributed by atoms with Crippen molar-refractivity contribution >= 4 is 17.2 Å². The van der Waals surface area contributed by atoms with Gasteiger partial charge in [-0.2, -0.15) is 18.3 Å². The van der Waals surface area contributed by atoms with Gasteiger partial charge < -0.3 is 0 Å². The topological polar surface area (TPSA) is 34.9 Å². The van der Waals surface area contributed by atoms with Crippen molar-refractivity contribution in [2.75, 3.05) is 0 Å². The minimum atomic E-state index is -4.48. The molecule has 1 aromatic heterocycles. The molecule has 0 bridgehead atoms. The van der Waals surface area contributed by atoms with Crippen LogP contribution in [0.3, 0.4) is 0 Å². The molecule has 6 heteroatoms. The number of aryl methyl sites for hydroxylation is 1. The van der Waals surface area contributed by atoms with Crippen LogP contribution in [0.15, 0.2) is 18.2 Å². The number of fused-ring (bicyclic) bond motifs is 1. The van der Waals surface area contributed by atoms with Crippen LogP contribution in [0.25, 0.3) is 10.9 Å². The van der Waals surface area contributed by atoms with Crippen LogP contribution in [-0.2, 0) is 13.2 Å². The Balaban J connectivity index is 2.77. The molecule has 16 heavy (non-hydrogen) atoms. The van der Waals surface area contributed by atoms with E-state index in [0.717, 1.165) is 4.68 Å². The molecule has 0 aliphatic heterocycles. The lowest BCUT2D eigenvalue weighted by molar-refractivity contribution is -0.140. The molecule has 0 saturated carbocycles. The van der Waals surface area contributed by atoms with E-state index in [1.807, 2.05) is 0 Å². The van der Waals surface area contributed by atoms with Gasteiger partial charge in [0.25, 0.3) is 0 Å². The second-order valence-electron chi connectivity index (χ2n) is 3.36. The Morgan fingerprint density at radius 1 is 1.38 bits per heavy atom. The Morgan fingerprint density at radius 3 is 2.62 bits per heavy atom. The molecule has 2 aromatic rings.